The van der Waals surface area contributed by atoms with Gasteiger partial charge in [0.15, 0.2) is 11.5 Å². The first-order valence-corrected chi connectivity index (χ1v) is 10.8. The number of rotatable bonds is 9. The Morgan fingerprint density at radius 3 is 2.48 bits per heavy atom. The third-order valence-electron chi connectivity index (χ3n) is 5.13. The van der Waals surface area contributed by atoms with Crippen LogP contribution in [0.4, 0.5) is 0 Å². The lowest BCUT2D eigenvalue weighted by atomic mass is 10.1. The number of ether oxygens (including phenoxy) is 2. The summed E-state index contributed by atoms with van der Waals surface area (Å²) in [5.74, 6) is 1.43. The van der Waals surface area contributed by atoms with Crippen molar-refractivity contribution in [1.82, 2.24) is 14.9 Å². The smallest absolute Gasteiger partial charge is 0.161 e. The molecular formula is C22H29N3O3S. The fraction of sp³-hybridized carbons (Fsp3) is 0.409. The molecule has 6 nitrogen and oxygen atoms in total. The Kier molecular flexibility index (Phi) is 7.05. The molecule has 0 aliphatic rings. The molecular weight excluding hydrogens is 386 g/mol. The zero-order valence-corrected chi connectivity index (χ0v) is 18.5. The van der Waals surface area contributed by atoms with Crippen LogP contribution >= 0.6 is 11.8 Å². The summed E-state index contributed by atoms with van der Waals surface area (Å²) in [5, 5.41) is 13.9. The van der Waals surface area contributed by atoms with Gasteiger partial charge in [-0.1, -0.05) is 0 Å². The molecule has 0 aliphatic heterocycles. The molecule has 1 heterocycles. The summed E-state index contributed by atoms with van der Waals surface area (Å²) in [5.41, 5.74) is 5.58. The van der Waals surface area contributed by atoms with Crippen LogP contribution in [0, 0.1) is 13.8 Å². The van der Waals surface area contributed by atoms with E-state index < -0.39 is 6.10 Å². The lowest BCUT2D eigenvalue weighted by Crippen LogP contribution is -2.30. The second kappa shape index (κ2) is 9.52. The highest BCUT2D eigenvalue weighted by molar-refractivity contribution is 7.98. The first-order valence-electron chi connectivity index (χ1n) is 9.56. The maximum Gasteiger partial charge on any atom is 0.161 e. The number of thioether (sulfide) groups is 1. The van der Waals surface area contributed by atoms with Crippen LogP contribution < -0.4 is 14.8 Å². The van der Waals surface area contributed by atoms with E-state index in [1.165, 1.54) is 11.1 Å². The van der Waals surface area contributed by atoms with Crippen molar-refractivity contribution in [3.8, 4) is 11.5 Å². The third-order valence-corrected chi connectivity index (χ3v) is 5.95. The van der Waals surface area contributed by atoms with Crippen LogP contribution in [0.25, 0.3) is 11.0 Å². The van der Waals surface area contributed by atoms with E-state index in [9.17, 15) is 5.11 Å². The number of aryl methyl sites for hydroxylation is 2. The van der Waals surface area contributed by atoms with Gasteiger partial charge in [0, 0.05) is 18.0 Å². The number of aromatic nitrogens is 2. The monoisotopic (exact) mass is 415 g/mol. The van der Waals surface area contributed by atoms with Gasteiger partial charge in [-0.15, -0.1) is 11.8 Å². The van der Waals surface area contributed by atoms with Gasteiger partial charge in [0.2, 0.25) is 0 Å². The minimum absolute atomic E-state index is 0.479. The Balaban J connectivity index is 1.63. The van der Waals surface area contributed by atoms with Crippen molar-refractivity contribution in [2.45, 2.75) is 37.9 Å². The summed E-state index contributed by atoms with van der Waals surface area (Å²) >= 11 is 1.66. The molecule has 3 aromatic rings. The van der Waals surface area contributed by atoms with Crippen molar-refractivity contribution in [1.29, 1.82) is 0 Å². The predicted molar refractivity (Wildman–Crippen MR) is 118 cm³/mol. The van der Waals surface area contributed by atoms with Gasteiger partial charge in [-0.05, 0) is 61.1 Å². The van der Waals surface area contributed by atoms with E-state index in [4.69, 9.17) is 9.47 Å². The first kappa shape index (κ1) is 21.5. The summed E-state index contributed by atoms with van der Waals surface area (Å²) in [4.78, 5) is 5.58. The first-order chi connectivity index (χ1) is 14.0. The van der Waals surface area contributed by atoms with Crippen LogP contribution in [-0.2, 0) is 13.1 Å². The number of hydrogen-bond donors (Lipinski definition) is 2. The molecule has 156 valence electrons. The van der Waals surface area contributed by atoms with E-state index >= 15 is 0 Å². The largest absolute Gasteiger partial charge is 0.493 e. The Labute approximate surface area is 176 Å². The summed E-state index contributed by atoms with van der Waals surface area (Å²) in [7, 11) is 3.27. The number of fused-ring (bicyclic) bond motifs is 1. The maximum absolute atomic E-state index is 10.5. The molecule has 1 atom stereocenters. The van der Waals surface area contributed by atoms with Crippen molar-refractivity contribution < 1.29 is 14.6 Å². The molecule has 2 aromatic carbocycles. The van der Waals surface area contributed by atoms with E-state index in [-0.39, 0.29) is 0 Å². The number of hydrogen-bond acceptors (Lipinski definition) is 6. The van der Waals surface area contributed by atoms with Crippen molar-refractivity contribution in [3.05, 3.63) is 47.3 Å². The molecule has 3 rings (SSSR count). The van der Waals surface area contributed by atoms with E-state index in [2.05, 4.69) is 36.3 Å². The quantitative estimate of drug-likeness (QED) is 0.521. The lowest BCUT2D eigenvalue weighted by molar-refractivity contribution is 0.152. The molecule has 1 unspecified atom stereocenters. The maximum atomic E-state index is 10.5. The number of aliphatic hydroxyl groups excluding tert-OH is 1. The molecule has 0 fully saturated rings. The Bertz CT molecular complexity index is 987. The zero-order valence-electron chi connectivity index (χ0n) is 17.7. The highest BCUT2D eigenvalue weighted by Gasteiger charge is 2.13. The minimum Gasteiger partial charge on any atom is -0.493 e. The van der Waals surface area contributed by atoms with Crippen molar-refractivity contribution in [2.24, 2.45) is 0 Å². The number of aliphatic hydroxyl groups is 1. The van der Waals surface area contributed by atoms with Crippen molar-refractivity contribution in [3.63, 3.8) is 0 Å². The topological polar surface area (TPSA) is 68.5 Å². The lowest BCUT2D eigenvalue weighted by Gasteiger charge is -2.16. The minimum atomic E-state index is -0.521. The predicted octanol–water partition coefficient (Wildman–Crippen LogP) is 3.54. The number of methoxy groups -OCH3 is 2. The molecule has 0 saturated heterocycles. The number of nitrogens with one attached hydrogen (secondary N) is 1. The normalized spacial score (nSPS) is 12.3. The molecule has 0 spiro atoms. The molecule has 7 heteroatoms. The summed E-state index contributed by atoms with van der Waals surface area (Å²) in [6.45, 7) is 5.79. The van der Waals surface area contributed by atoms with E-state index in [0.717, 1.165) is 27.2 Å². The average Bonchev–Trinajstić information content (AvgIpc) is 3.09. The summed E-state index contributed by atoms with van der Waals surface area (Å²) < 4.78 is 12.8. The second-order valence-corrected chi connectivity index (χ2v) is 7.97. The van der Waals surface area contributed by atoms with Crippen LogP contribution in [-0.4, -0.2) is 47.8 Å². The van der Waals surface area contributed by atoms with Gasteiger partial charge in [0.05, 0.1) is 44.2 Å². The van der Waals surface area contributed by atoms with Gasteiger partial charge in [-0.3, -0.25) is 0 Å². The summed E-state index contributed by atoms with van der Waals surface area (Å²) in [6, 6.07) is 8.19. The Morgan fingerprint density at radius 1 is 1.10 bits per heavy atom. The average molecular weight is 416 g/mol. The van der Waals surface area contributed by atoms with Gasteiger partial charge >= 0.3 is 0 Å². The van der Waals surface area contributed by atoms with Crippen LogP contribution in [0.3, 0.4) is 0 Å². The fourth-order valence-electron chi connectivity index (χ4n) is 3.35. The molecule has 29 heavy (non-hydrogen) atoms. The number of benzene rings is 2. The van der Waals surface area contributed by atoms with Gasteiger partial charge in [0.1, 0.15) is 0 Å². The van der Waals surface area contributed by atoms with E-state index in [1.54, 1.807) is 32.3 Å². The molecule has 0 bridgehead atoms. The standard InChI is InChI=1S/C22H29N3O3S/c1-14-6-18-19(7-15(14)2)25(13-24-18)12-17(26)11-23-10-16-8-20(27-3)21(28-4)9-22(16)29-5/h6-9,13,17,23,26H,10-12H2,1-5H3. The molecule has 2 N–H and O–H groups in total. The highest BCUT2D eigenvalue weighted by atomic mass is 32.2. The Hall–Kier alpha value is -2.22. The van der Waals surface area contributed by atoms with E-state index in [1.807, 2.05) is 23.0 Å². The summed E-state index contributed by atoms with van der Waals surface area (Å²) in [6.07, 6.45) is 3.31. The molecule has 0 radical (unpaired) electrons. The molecule has 0 saturated carbocycles. The van der Waals surface area contributed by atoms with Gasteiger partial charge < -0.3 is 24.5 Å². The van der Waals surface area contributed by atoms with E-state index in [0.29, 0.717) is 25.4 Å². The number of imidazole rings is 1. The van der Waals surface area contributed by atoms with Crippen LogP contribution in [0.1, 0.15) is 16.7 Å². The SMILES string of the molecule is COc1cc(CNCC(O)Cn2cnc3cc(C)c(C)cc32)c(SC)cc1OC. The van der Waals surface area contributed by atoms with Crippen molar-refractivity contribution >= 4 is 22.8 Å². The third kappa shape index (κ3) is 4.86. The van der Waals surface area contributed by atoms with Gasteiger partial charge in [0.25, 0.3) is 0 Å². The Morgan fingerprint density at radius 2 is 1.79 bits per heavy atom. The van der Waals surface area contributed by atoms with Crippen LogP contribution in [0.2, 0.25) is 0 Å². The van der Waals surface area contributed by atoms with Crippen LogP contribution in [0.5, 0.6) is 11.5 Å². The van der Waals surface area contributed by atoms with Crippen molar-refractivity contribution in [2.75, 3.05) is 27.0 Å². The number of nitrogens with zero attached hydrogens (tertiary/aromatic N) is 2. The van der Waals surface area contributed by atoms with Gasteiger partial charge in [-0.25, -0.2) is 4.98 Å². The molecule has 0 amide bonds. The molecule has 0 aliphatic carbocycles. The zero-order chi connectivity index (χ0) is 21.0. The fourth-order valence-corrected chi connectivity index (χ4v) is 3.97. The van der Waals surface area contributed by atoms with Crippen LogP contribution in [0.15, 0.2) is 35.5 Å². The second-order valence-electron chi connectivity index (χ2n) is 7.13. The molecule has 1 aromatic heterocycles. The highest BCUT2D eigenvalue weighted by Crippen LogP contribution is 2.34. The van der Waals surface area contributed by atoms with Gasteiger partial charge in [-0.2, -0.15) is 0 Å².